The van der Waals surface area contributed by atoms with Gasteiger partial charge in [0.1, 0.15) is 5.75 Å². The summed E-state index contributed by atoms with van der Waals surface area (Å²) >= 11 is 6.97. The van der Waals surface area contributed by atoms with Crippen LogP contribution in [0.1, 0.15) is 11.1 Å². The van der Waals surface area contributed by atoms with Gasteiger partial charge in [-0.1, -0.05) is 12.1 Å². The van der Waals surface area contributed by atoms with Crippen LogP contribution < -0.4 is 15.4 Å². The fraction of sp³-hybridized carbons (Fsp3) is 0.136. The number of nitrogens with zero attached hydrogens (tertiary/aromatic N) is 1. The Labute approximate surface area is 196 Å². The number of benzene rings is 3. The first-order valence-electron chi connectivity index (χ1n) is 9.27. The molecule has 0 aliphatic rings. The summed E-state index contributed by atoms with van der Waals surface area (Å²) in [5.74, 6) is 0.270. The molecule has 0 bridgehead atoms. The standard InChI is InChI=1S/C22H19Br2N3O4/c1-14-3-2-4-17(9-14)26-21(28)13-31-22-19(23)10-15(11-20(22)24)12-25-16-5-7-18(8-6-16)27(29)30/h2-11,25H,12-13H2,1H3,(H,26,28). The first kappa shape index (κ1) is 22.8. The zero-order valence-electron chi connectivity index (χ0n) is 16.5. The second-order valence-corrected chi connectivity index (χ2v) is 8.46. The maximum Gasteiger partial charge on any atom is 0.269 e. The molecule has 0 heterocycles. The molecule has 0 saturated heterocycles. The van der Waals surface area contributed by atoms with Gasteiger partial charge in [0.05, 0.1) is 13.9 Å². The molecule has 0 aliphatic carbocycles. The van der Waals surface area contributed by atoms with Crippen molar-refractivity contribution >= 4 is 54.8 Å². The molecule has 1 amide bonds. The van der Waals surface area contributed by atoms with Gasteiger partial charge in [0.25, 0.3) is 11.6 Å². The number of ether oxygens (including phenoxy) is 1. The number of anilines is 2. The second kappa shape index (κ2) is 10.4. The molecule has 3 rings (SSSR count). The zero-order valence-corrected chi connectivity index (χ0v) is 19.7. The molecule has 0 spiro atoms. The number of nitro benzene ring substituents is 1. The number of halogens is 2. The Morgan fingerprint density at radius 3 is 2.32 bits per heavy atom. The van der Waals surface area contributed by atoms with Crippen LogP contribution in [0.4, 0.5) is 17.1 Å². The van der Waals surface area contributed by atoms with Crippen LogP contribution in [-0.4, -0.2) is 17.4 Å². The van der Waals surface area contributed by atoms with Crippen LogP contribution in [-0.2, 0) is 11.3 Å². The molecule has 0 aliphatic heterocycles. The summed E-state index contributed by atoms with van der Waals surface area (Å²) in [5, 5.41) is 16.8. The quantitative estimate of drug-likeness (QED) is 0.264. The van der Waals surface area contributed by atoms with Crippen LogP contribution >= 0.6 is 31.9 Å². The number of amides is 1. The molecule has 0 aromatic heterocycles. The monoisotopic (exact) mass is 547 g/mol. The smallest absolute Gasteiger partial charge is 0.269 e. The number of non-ortho nitro benzene ring substituents is 1. The third-order valence-corrected chi connectivity index (χ3v) is 5.46. The highest BCUT2D eigenvalue weighted by molar-refractivity contribution is 9.11. The van der Waals surface area contributed by atoms with Crippen molar-refractivity contribution in [3.05, 3.63) is 90.9 Å². The van der Waals surface area contributed by atoms with Gasteiger partial charge in [0, 0.05) is 30.1 Å². The van der Waals surface area contributed by atoms with Crippen molar-refractivity contribution in [3.8, 4) is 5.75 Å². The maximum absolute atomic E-state index is 12.2. The molecule has 31 heavy (non-hydrogen) atoms. The molecule has 0 radical (unpaired) electrons. The molecule has 7 nitrogen and oxygen atoms in total. The van der Waals surface area contributed by atoms with Gasteiger partial charge in [0.15, 0.2) is 6.61 Å². The number of carbonyl (C=O) groups is 1. The summed E-state index contributed by atoms with van der Waals surface area (Å²) in [5.41, 5.74) is 3.55. The molecular weight excluding hydrogens is 530 g/mol. The highest BCUT2D eigenvalue weighted by Crippen LogP contribution is 2.35. The number of nitrogens with one attached hydrogen (secondary N) is 2. The molecule has 0 fully saturated rings. The van der Waals surface area contributed by atoms with E-state index in [1.165, 1.54) is 12.1 Å². The van der Waals surface area contributed by atoms with E-state index in [2.05, 4.69) is 42.5 Å². The van der Waals surface area contributed by atoms with E-state index in [9.17, 15) is 14.9 Å². The first-order valence-corrected chi connectivity index (χ1v) is 10.9. The van der Waals surface area contributed by atoms with Gasteiger partial charge in [-0.15, -0.1) is 0 Å². The lowest BCUT2D eigenvalue weighted by molar-refractivity contribution is -0.384. The predicted molar refractivity (Wildman–Crippen MR) is 128 cm³/mol. The molecule has 9 heteroatoms. The van der Waals surface area contributed by atoms with Crippen LogP contribution in [0, 0.1) is 17.0 Å². The van der Waals surface area contributed by atoms with E-state index in [1.54, 1.807) is 12.1 Å². The van der Waals surface area contributed by atoms with Gasteiger partial charge in [-0.2, -0.15) is 0 Å². The summed E-state index contributed by atoms with van der Waals surface area (Å²) in [4.78, 5) is 22.5. The molecule has 3 aromatic carbocycles. The number of hydrogen-bond acceptors (Lipinski definition) is 5. The van der Waals surface area contributed by atoms with E-state index in [0.29, 0.717) is 21.2 Å². The molecule has 160 valence electrons. The van der Waals surface area contributed by atoms with Crippen molar-refractivity contribution in [2.24, 2.45) is 0 Å². The lowest BCUT2D eigenvalue weighted by Crippen LogP contribution is -2.20. The normalized spacial score (nSPS) is 10.4. The Morgan fingerprint density at radius 1 is 1.03 bits per heavy atom. The fourth-order valence-corrected chi connectivity index (χ4v) is 4.33. The van der Waals surface area contributed by atoms with E-state index >= 15 is 0 Å². The van der Waals surface area contributed by atoms with Crippen LogP contribution in [0.15, 0.2) is 69.6 Å². The minimum absolute atomic E-state index is 0.0453. The molecular formula is C22H19Br2N3O4. The highest BCUT2D eigenvalue weighted by atomic mass is 79.9. The summed E-state index contributed by atoms with van der Waals surface area (Å²) in [6.45, 7) is 2.33. The molecule has 3 aromatic rings. The Bertz CT molecular complexity index is 1080. The third-order valence-electron chi connectivity index (χ3n) is 4.28. The van der Waals surface area contributed by atoms with Crippen molar-refractivity contribution in [2.45, 2.75) is 13.5 Å². The summed E-state index contributed by atoms with van der Waals surface area (Å²) < 4.78 is 7.09. The van der Waals surface area contributed by atoms with E-state index in [-0.39, 0.29) is 18.2 Å². The lowest BCUT2D eigenvalue weighted by atomic mass is 10.2. The minimum atomic E-state index is -0.433. The Kier molecular flexibility index (Phi) is 7.64. The average molecular weight is 549 g/mol. The number of rotatable bonds is 8. The van der Waals surface area contributed by atoms with Crippen molar-refractivity contribution in [1.29, 1.82) is 0 Å². The van der Waals surface area contributed by atoms with Crippen molar-refractivity contribution in [2.75, 3.05) is 17.2 Å². The lowest BCUT2D eigenvalue weighted by Gasteiger charge is -2.13. The SMILES string of the molecule is Cc1cccc(NC(=O)COc2c(Br)cc(CNc3ccc([N+](=O)[O-])cc3)cc2Br)c1. The fourth-order valence-electron chi connectivity index (χ4n) is 2.82. The molecule has 0 atom stereocenters. The summed E-state index contributed by atoms with van der Waals surface area (Å²) in [6, 6.07) is 17.5. The minimum Gasteiger partial charge on any atom is -0.481 e. The predicted octanol–water partition coefficient (Wildman–Crippen LogP) is 6.06. The van der Waals surface area contributed by atoms with Crippen molar-refractivity contribution in [1.82, 2.24) is 0 Å². The van der Waals surface area contributed by atoms with Crippen LogP contribution in [0.3, 0.4) is 0 Å². The average Bonchev–Trinajstić information content (AvgIpc) is 2.72. The number of hydrogen-bond donors (Lipinski definition) is 2. The van der Waals surface area contributed by atoms with E-state index in [4.69, 9.17) is 4.74 Å². The van der Waals surface area contributed by atoms with Crippen molar-refractivity contribution in [3.63, 3.8) is 0 Å². The Morgan fingerprint density at radius 2 is 1.71 bits per heavy atom. The number of nitro groups is 1. The van der Waals surface area contributed by atoms with Gasteiger partial charge < -0.3 is 15.4 Å². The van der Waals surface area contributed by atoms with Gasteiger partial charge >= 0.3 is 0 Å². The van der Waals surface area contributed by atoms with Crippen molar-refractivity contribution < 1.29 is 14.5 Å². The second-order valence-electron chi connectivity index (χ2n) is 6.75. The zero-order chi connectivity index (χ0) is 22.4. The van der Waals surface area contributed by atoms with Gasteiger partial charge in [-0.25, -0.2) is 0 Å². The van der Waals surface area contributed by atoms with E-state index in [0.717, 1.165) is 22.5 Å². The van der Waals surface area contributed by atoms with Crippen LogP contribution in [0.2, 0.25) is 0 Å². The van der Waals surface area contributed by atoms with Crippen LogP contribution in [0.25, 0.3) is 0 Å². The maximum atomic E-state index is 12.2. The van der Waals surface area contributed by atoms with Crippen LogP contribution in [0.5, 0.6) is 5.75 Å². The topological polar surface area (TPSA) is 93.5 Å². The molecule has 0 unspecified atom stereocenters. The van der Waals surface area contributed by atoms with Gasteiger partial charge in [0.2, 0.25) is 0 Å². The molecule has 0 saturated carbocycles. The van der Waals surface area contributed by atoms with E-state index < -0.39 is 4.92 Å². The highest BCUT2D eigenvalue weighted by Gasteiger charge is 2.12. The number of aryl methyl sites for hydroxylation is 1. The largest absolute Gasteiger partial charge is 0.481 e. The summed E-state index contributed by atoms with van der Waals surface area (Å²) in [7, 11) is 0. The van der Waals surface area contributed by atoms with E-state index in [1.807, 2.05) is 43.3 Å². The first-order chi connectivity index (χ1) is 14.8. The molecule has 2 N–H and O–H groups in total. The third kappa shape index (κ3) is 6.53. The summed E-state index contributed by atoms with van der Waals surface area (Å²) in [6.07, 6.45) is 0. The van der Waals surface area contributed by atoms with Gasteiger partial charge in [-0.05, 0) is 86.3 Å². The Balaban J connectivity index is 1.58. The van der Waals surface area contributed by atoms with Gasteiger partial charge in [-0.3, -0.25) is 14.9 Å². The Hall–Kier alpha value is -2.91. The number of carbonyl (C=O) groups excluding carboxylic acids is 1.